The Kier molecular flexibility index (Phi) is 8.48. The molecular formula is C26H34N4O8S. The van der Waals surface area contributed by atoms with E-state index in [4.69, 9.17) is 15.2 Å². The largest absolute Gasteiger partial charge is 0.495 e. The van der Waals surface area contributed by atoms with Gasteiger partial charge in [0.1, 0.15) is 22.2 Å². The number of carbonyl (C=O) groups is 4. The topological polar surface area (TPSA) is 174 Å². The first-order valence-corrected chi connectivity index (χ1v) is 14.5. The number of fused-ring (bicyclic) bond motifs is 2. The number of methoxy groups -OCH3 is 1. The number of nitrogens with one attached hydrogen (secondary N) is 2. The Morgan fingerprint density at radius 3 is 2.64 bits per heavy atom. The highest BCUT2D eigenvalue weighted by Gasteiger charge is 2.61. The minimum atomic E-state index is -4.32. The van der Waals surface area contributed by atoms with E-state index in [1.54, 1.807) is 6.07 Å². The van der Waals surface area contributed by atoms with Crippen LogP contribution in [0.25, 0.3) is 0 Å². The van der Waals surface area contributed by atoms with E-state index in [9.17, 15) is 27.6 Å². The molecule has 0 bridgehead atoms. The molecule has 4 unspecified atom stereocenters. The predicted molar refractivity (Wildman–Crippen MR) is 139 cm³/mol. The van der Waals surface area contributed by atoms with Gasteiger partial charge in [0.2, 0.25) is 5.91 Å². The number of ether oxygens (including phenoxy) is 2. The summed E-state index contributed by atoms with van der Waals surface area (Å²) in [6.07, 6.45) is 5.81. The quantitative estimate of drug-likeness (QED) is 0.451. The highest BCUT2D eigenvalue weighted by molar-refractivity contribution is 7.90. The molecule has 12 nitrogen and oxygen atoms in total. The summed E-state index contributed by atoms with van der Waals surface area (Å²) in [5.41, 5.74) is 3.70. The van der Waals surface area contributed by atoms with Crippen molar-refractivity contribution in [2.75, 3.05) is 13.7 Å². The van der Waals surface area contributed by atoms with Gasteiger partial charge in [-0.2, -0.15) is 0 Å². The minimum absolute atomic E-state index is 0.0708. The highest BCUT2D eigenvalue weighted by atomic mass is 32.2. The van der Waals surface area contributed by atoms with Gasteiger partial charge in [-0.25, -0.2) is 17.9 Å². The van der Waals surface area contributed by atoms with E-state index in [1.807, 2.05) is 12.2 Å². The van der Waals surface area contributed by atoms with Crippen molar-refractivity contribution < 1.29 is 37.1 Å². The third-order valence-corrected chi connectivity index (χ3v) is 8.80. The van der Waals surface area contributed by atoms with Crippen molar-refractivity contribution in [2.24, 2.45) is 11.7 Å². The summed E-state index contributed by atoms with van der Waals surface area (Å²) in [7, 11) is -2.99. The van der Waals surface area contributed by atoms with Gasteiger partial charge < -0.3 is 25.4 Å². The average Bonchev–Trinajstić information content (AvgIpc) is 3.36. The number of benzene rings is 1. The summed E-state index contributed by atoms with van der Waals surface area (Å²) < 4.78 is 38.6. The van der Waals surface area contributed by atoms with Crippen LogP contribution in [0.1, 0.15) is 51.4 Å². The Bertz CT molecular complexity index is 1270. The van der Waals surface area contributed by atoms with Crippen molar-refractivity contribution in [1.29, 1.82) is 0 Å². The van der Waals surface area contributed by atoms with Gasteiger partial charge in [0.05, 0.1) is 7.11 Å². The van der Waals surface area contributed by atoms with Crippen molar-refractivity contribution in [3.8, 4) is 5.75 Å². The number of allylic oxidation sites excluding steroid dienone is 1. The highest BCUT2D eigenvalue weighted by Crippen LogP contribution is 2.46. The van der Waals surface area contributed by atoms with Gasteiger partial charge in [-0.1, -0.05) is 30.7 Å². The molecule has 2 fully saturated rings. The van der Waals surface area contributed by atoms with Crippen LogP contribution in [0, 0.1) is 5.92 Å². The van der Waals surface area contributed by atoms with E-state index in [0.29, 0.717) is 25.7 Å². The summed E-state index contributed by atoms with van der Waals surface area (Å²) in [6.45, 7) is 0.278. The molecule has 1 aliphatic carbocycles. The number of hydrogen-bond donors (Lipinski definition) is 3. The van der Waals surface area contributed by atoms with E-state index in [-0.39, 0.29) is 30.0 Å². The van der Waals surface area contributed by atoms with Gasteiger partial charge in [-0.15, -0.1) is 0 Å². The third-order valence-electron chi connectivity index (χ3n) is 7.43. The van der Waals surface area contributed by atoms with Crippen molar-refractivity contribution in [3.05, 3.63) is 36.4 Å². The first-order chi connectivity index (χ1) is 18.6. The monoisotopic (exact) mass is 562 g/mol. The van der Waals surface area contributed by atoms with Crippen LogP contribution < -0.4 is 20.5 Å². The molecule has 2 aliphatic heterocycles. The number of nitrogens with zero attached hydrogens (tertiary/aromatic N) is 1. The summed E-state index contributed by atoms with van der Waals surface area (Å²) in [5.74, 6) is -2.30. The standard InChI is InChI=1S/C26H34N4O8S/c1-37-19-12-7-8-14-21(19)39(35,36)29-24(33)26-16-17(26)10-5-3-2-4-6-13-20(38-25(27)34)23(32)30-15-9-11-18(30)22(31)28-26/h5,7-8,10,12,14,17-18,20H,2-4,6,9,11,13,15-16H2,1H3,(H2,27,34)(H,28,31)(H,29,33). The van der Waals surface area contributed by atoms with E-state index < -0.39 is 57.4 Å². The molecule has 13 heteroatoms. The fourth-order valence-electron chi connectivity index (χ4n) is 5.28. The minimum Gasteiger partial charge on any atom is -0.495 e. The van der Waals surface area contributed by atoms with Crippen LogP contribution in [0.15, 0.2) is 41.3 Å². The molecule has 1 saturated heterocycles. The molecule has 0 aromatic heterocycles. The number of primary amides is 1. The van der Waals surface area contributed by atoms with Gasteiger partial charge in [-0.3, -0.25) is 14.4 Å². The predicted octanol–water partition coefficient (Wildman–Crippen LogP) is 1.35. The Hall–Kier alpha value is -3.61. The van der Waals surface area contributed by atoms with Gasteiger partial charge >= 0.3 is 6.09 Å². The number of nitrogens with two attached hydrogens (primary N) is 1. The van der Waals surface area contributed by atoms with Crippen LogP contribution >= 0.6 is 0 Å². The number of carbonyl (C=O) groups excluding carboxylic acids is 4. The summed E-state index contributed by atoms with van der Waals surface area (Å²) >= 11 is 0. The molecule has 4 rings (SSSR count). The SMILES string of the molecule is COc1ccccc1S(=O)(=O)NC(=O)C12CC1C=CCCCCCC(OC(N)=O)C(=O)N1CCCC1C(=O)N2. The second-order valence-electron chi connectivity index (χ2n) is 10.0. The number of para-hydroxylation sites is 1. The maximum atomic E-state index is 13.5. The zero-order chi connectivity index (χ0) is 28.2. The van der Waals surface area contributed by atoms with E-state index in [2.05, 4.69) is 10.0 Å². The van der Waals surface area contributed by atoms with Crippen LogP contribution in [-0.2, 0) is 29.1 Å². The third kappa shape index (κ3) is 6.18. The lowest BCUT2D eigenvalue weighted by Gasteiger charge is -2.29. The van der Waals surface area contributed by atoms with Gasteiger partial charge in [0.15, 0.2) is 6.10 Å². The van der Waals surface area contributed by atoms with Crippen LogP contribution in [0.5, 0.6) is 5.75 Å². The molecule has 1 saturated carbocycles. The fraction of sp³-hybridized carbons (Fsp3) is 0.538. The maximum absolute atomic E-state index is 13.5. The number of rotatable bonds is 5. The number of sulfonamides is 1. The van der Waals surface area contributed by atoms with Crippen LogP contribution in [0.3, 0.4) is 0 Å². The van der Waals surface area contributed by atoms with Gasteiger partial charge in [0.25, 0.3) is 21.8 Å². The normalized spacial score (nSPS) is 27.7. The Labute approximate surface area is 227 Å². The van der Waals surface area contributed by atoms with Crippen molar-refractivity contribution in [1.82, 2.24) is 14.9 Å². The van der Waals surface area contributed by atoms with E-state index in [1.165, 1.54) is 30.2 Å². The second-order valence-corrected chi connectivity index (χ2v) is 11.7. The zero-order valence-corrected chi connectivity index (χ0v) is 22.6. The Morgan fingerprint density at radius 1 is 1.13 bits per heavy atom. The van der Waals surface area contributed by atoms with Crippen molar-refractivity contribution in [3.63, 3.8) is 0 Å². The molecule has 4 N–H and O–H groups in total. The van der Waals surface area contributed by atoms with Crippen molar-refractivity contribution in [2.45, 2.75) is 73.9 Å². The fourth-order valence-corrected chi connectivity index (χ4v) is 6.49. The van der Waals surface area contributed by atoms with Crippen LogP contribution in [0.2, 0.25) is 0 Å². The molecule has 1 aromatic carbocycles. The second kappa shape index (κ2) is 11.6. The molecule has 0 spiro atoms. The molecule has 0 radical (unpaired) electrons. The lowest BCUT2D eigenvalue weighted by Crippen LogP contribution is -2.57. The Balaban J connectivity index is 1.60. The molecule has 1 aromatic rings. The number of hydrogen-bond acceptors (Lipinski definition) is 8. The Morgan fingerprint density at radius 2 is 1.90 bits per heavy atom. The first kappa shape index (κ1) is 28.4. The first-order valence-electron chi connectivity index (χ1n) is 13.0. The van der Waals surface area contributed by atoms with Crippen LogP contribution in [-0.4, -0.2) is 68.5 Å². The molecule has 4 atom stereocenters. The summed E-state index contributed by atoms with van der Waals surface area (Å²) in [4.78, 5) is 52.9. The molecule has 212 valence electrons. The molecule has 4 amide bonds. The summed E-state index contributed by atoms with van der Waals surface area (Å²) in [5, 5.41) is 2.76. The smallest absolute Gasteiger partial charge is 0.405 e. The van der Waals surface area contributed by atoms with E-state index in [0.717, 1.165) is 12.8 Å². The summed E-state index contributed by atoms with van der Waals surface area (Å²) in [6, 6.07) is 5.00. The van der Waals surface area contributed by atoms with Crippen LogP contribution in [0.4, 0.5) is 4.79 Å². The lowest BCUT2D eigenvalue weighted by molar-refractivity contribution is -0.146. The van der Waals surface area contributed by atoms with E-state index >= 15 is 0 Å². The lowest BCUT2D eigenvalue weighted by atomic mass is 10.1. The van der Waals surface area contributed by atoms with Gasteiger partial charge in [0, 0.05) is 12.5 Å². The molecular weight excluding hydrogens is 528 g/mol. The molecule has 2 heterocycles. The molecule has 3 aliphatic rings. The van der Waals surface area contributed by atoms with Crippen molar-refractivity contribution >= 4 is 33.8 Å². The zero-order valence-electron chi connectivity index (χ0n) is 21.8. The maximum Gasteiger partial charge on any atom is 0.405 e. The van der Waals surface area contributed by atoms with Gasteiger partial charge in [-0.05, 0) is 57.1 Å². The average molecular weight is 563 g/mol. The molecule has 39 heavy (non-hydrogen) atoms. The number of amides is 4.